The van der Waals surface area contributed by atoms with Gasteiger partial charge in [0, 0.05) is 23.8 Å². The van der Waals surface area contributed by atoms with Crippen molar-refractivity contribution in [2.75, 3.05) is 7.11 Å². The van der Waals surface area contributed by atoms with Gasteiger partial charge in [0.15, 0.2) is 0 Å². The van der Waals surface area contributed by atoms with Gasteiger partial charge in [0.2, 0.25) is 0 Å². The number of carbonyl (C=O) groups is 3. The summed E-state index contributed by atoms with van der Waals surface area (Å²) in [5.74, 6) is -0.531. The molecule has 3 rings (SSSR count). The van der Waals surface area contributed by atoms with E-state index in [2.05, 4.69) is 4.74 Å². The lowest BCUT2D eigenvalue weighted by molar-refractivity contribution is -0.384. The minimum Gasteiger partial charge on any atom is -0.467 e. The average molecular weight is 402 g/mol. The number of nitrogens with zero attached hydrogens (tertiary/aromatic N) is 2. The number of thioether (sulfide) groups is 1. The molecule has 1 aromatic heterocycles. The highest BCUT2D eigenvalue weighted by molar-refractivity contribution is 8.18. The number of carbonyl (C=O) groups excluding carboxylic acids is 3. The van der Waals surface area contributed by atoms with E-state index in [1.807, 2.05) is 0 Å². The van der Waals surface area contributed by atoms with Crippen LogP contribution < -0.4 is 0 Å². The van der Waals surface area contributed by atoms with Crippen molar-refractivity contribution >= 4 is 40.6 Å². The highest BCUT2D eigenvalue weighted by Crippen LogP contribution is 2.34. The fourth-order valence-corrected chi connectivity index (χ4v) is 3.44. The van der Waals surface area contributed by atoms with Crippen LogP contribution in [-0.4, -0.2) is 40.1 Å². The summed E-state index contributed by atoms with van der Waals surface area (Å²) in [5, 5.41) is 10.1. The summed E-state index contributed by atoms with van der Waals surface area (Å²) in [7, 11) is 1.18. The number of hydrogen-bond acceptors (Lipinski definition) is 8. The first-order chi connectivity index (χ1) is 13.3. The van der Waals surface area contributed by atoms with E-state index in [1.165, 1.54) is 32.2 Å². The number of methoxy groups -OCH3 is 1. The number of amides is 2. The second-order valence-corrected chi connectivity index (χ2v) is 6.75. The average Bonchev–Trinajstić information content (AvgIpc) is 3.25. The molecule has 2 heterocycles. The standard InChI is InChI=1S/C18H14N2O7S/c1-10(17(22)26-2)19-16(21)15(28-18(19)23)9-13-7-8-14(27-13)11-3-5-12(6-4-11)20(24)25/h3-10H,1-2H3/b15-9-/t10-/m0/s1. The van der Waals surface area contributed by atoms with E-state index in [0.717, 1.165) is 4.90 Å². The van der Waals surface area contributed by atoms with Crippen molar-refractivity contribution in [3.63, 3.8) is 0 Å². The van der Waals surface area contributed by atoms with Gasteiger partial charge in [-0.05, 0) is 43.0 Å². The number of nitro groups is 1. The molecule has 0 radical (unpaired) electrons. The minimum absolute atomic E-state index is 0.0380. The second-order valence-electron chi connectivity index (χ2n) is 5.76. The van der Waals surface area contributed by atoms with Gasteiger partial charge in [-0.25, -0.2) is 4.79 Å². The van der Waals surface area contributed by atoms with Crippen molar-refractivity contribution in [1.82, 2.24) is 4.90 Å². The van der Waals surface area contributed by atoms with E-state index in [9.17, 15) is 24.5 Å². The molecule has 0 N–H and O–H groups in total. The van der Waals surface area contributed by atoms with E-state index in [0.29, 0.717) is 28.8 Å². The number of ether oxygens (including phenoxy) is 1. The maximum absolute atomic E-state index is 12.5. The first-order valence-corrected chi connectivity index (χ1v) is 8.83. The van der Waals surface area contributed by atoms with Crippen molar-refractivity contribution in [3.05, 3.63) is 57.2 Å². The van der Waals surface area contributed by atoms with E-state index in [-0.39, 0.29) is 10.6 Å². The van der Waals surface area contributed by atoms with Crippen LogP contribution in [0.15, 0.2) is 45.7 Å². The molecule has 1 saturated heterocycles. The van der Waals surface area contributed by atoms with Gasteiger partial charge in [0.25, 0.3) is 16.8 Å². The Hall–Kier alpha value is -3.40. The van der Waals surface area contributed by atoms with Gasteiger partial charge in [0.05, 0.1) is 16.9 Å². The van der Waals surface area contributed by atoms with E-state index in [1.54, 1.807) is 24.3 Å². The lowest BCUT2D eigenvalue weighted by Gasteiger charge is -2.18. The number of nitro benzene ring substituents is 1. The van der Waals surface area contributed by atoms with Crippen LogP contribution in [0.5, 0.6) is 0 Å². The van der Waals surface area contributed by atoms with E-state index in [4.69, 9.17) is 4.42 Å². The highest BCUT2D eigenvalue weighted by atomic mass is 32.2. The molecule has 1 atom stereocenters. The lowest BCUT2D eigenvalue weighted by atomic mass is 10.1. The molecule has 2 aromatic rings. The molecular formula is C18H14N2O7S. The third-order valence-electron chi connectivity index (χ3n) is 4.02. The maximum Gasteiger partial charge on any atom is 0.328 e. The van der Waals surface area contributed by atoms with Gasteiger partial charge >= 0.3 is 5.97 Å². The molecule has 1 aliphatic rings. The van der Waals surface area contributed by atoms with Crippen LogP contribution in [0.25, 0.3) is 17.4 Å². The van der Waals surface area contributed by atoms with Gasteiger partial charge in [-0.15, -0.1) is 0 Å². The Morgan fingerprint density at radius 2 is 1.93 bits per heavy atom. The Balaban J connectivity index is 1.81. The normalized spacial score (nSPS) is 16.5. The Morgan fingerprint density at radius 3 is 2.54 bits per heavy atom. The number of esters is 1. The summed E-state index contributed by atoms with van der Waals surface area (Å²) in [6, 6.07) is 8.03. The summed E-state index contributed by atoms with van der Waals surface area (Å²) in [6.45, 7) is 1.41. The second kappa shape index (κ2) is 7.69. The largest absolute Gasteiger partial charge is 0.467 e. The van der Waals surface area contributed by atoms with Crippen molar-refractivity contribution in [2.45, 2.75) is 13.0 Å². The highest BCUT2D eigenvalue weighted by Gasteiger charge is 2.41. The van der Waals surface area contributed by atoms with Gasteiger partial charge in [0.1, 0.15) is 17.6 Å². The van der Waals surface area contributed by atoms with Crippen LogP contribution in [0.3, 0.4) is 0 Å². The number of benzene rings is 1. The number of rotatable bonds is 5. The summed E-state index contributed by atoms with van der Waals surface area (Å²) < 4.78 is 10.2. The topological polar surface area (TPSA) is 120 Å². The molecule has 0 unspecified atom stereocenters. The zero-order valence-electron chi connectivity index (χ0n) is 14.8. The Bertz CT molecular complexity index is 994. The third kappa shape index (κ3) is 3.67. The first-order valence-electron chi connectivity index (χ1n) is 8.01. The molecule has 1 aromatic carbocycles. The SMILES string of the molecule is COC(=O)[C@H](C)N1C(=O)S/C(=C\c2ccc(-c3ccc([N+](=O)[O-])cc3)o2)C1=O. The molecule has 0 bridgehead atoms. The third-order valence-corrected chi connectivity index (χ3v) is 4.90. The zero-order chi connectivity index (χ0) is 20.4. The monoisotopic (exact) mass is 402 g/mol. The molecular weight excluding hydrogens is 388 g/mol. The molecule has 1 aliphatic heterocycles. The Labute approximate surface area is 163 Å². The number of imide groups is 1. The lowest BCUT2D eigenvalue weighted by Crippen LogP contribution is -2.42. The predicted molar refractivity (Wildman–Crippen MR) is 100 cm³/mol. The smallest absolute Gasteiger partial charge is 0.328 e. The van der Waals surface area contributed by atoms with E-state index >= 15 is 0 Å². The molecule has 144 valence electrons. The summed E-state index contributed by atoms with van der Waals surface area (Å²) in [5.41, 5.74) is 0.585. The summed E-state index contributed by atoms with van der Waals surface area (Å²) in [6.07, 6.45) is 1.41. The van der Waals surface area contributed by atoms with Crippen LogP contribution in [0.1, 0.15) is 12.7 Å². The van der Waals surface area contributed by atoms with Gasteiger partial charge in [-0.1, -0.05) is 0 Å². The predicted octanol–water partition coefficient (Wildman–Crippen LogP) is 3.45. The Morgan fingerprint density at radius 1 is 1.25 bits per heavy atom. The van der Waals surface area contributed by atoms with Crippen LogP contribution >= 0.6 is 11.8 Å². The van der Waals surface area contributed by atoms with E-state index < -0.39 is 28.1 Å². The fourth-order valence-electron chi connectivity index (χ4n) is 2.55. The summed E-state index contributed by atoms with van der Waals surface area (Å²) >= 11 is 0.699. The van der Waals surface area contributed by atoms with Crippen molar-refractivity contribution < 1.29 is 28.5 Å². The number of non-ortho nitro benzene ring substituents is 1. The molecule has 9 nitrogen and oxygen atoms in total. The first kappa shape index (κ1) is 19.4. The van der Waals surface area contributed by atoms with Crippen molar-refractivity contribution in [2.24, 2.45) is 0 Å². The molecule has 1 fully saturated rings. The maximum atomic E-state index is 12.5. The molecule has 28 heavy (non-hydrogen) atoms. The fraction of sp³-hybridized carbons (Fsp3) is 0.167. The molecule has 2 amide bonds. The van der Waals surface area contributed by atoms with Crippen LogP contribution in [0, 0.1) is 10.1 Å². The minimum atomic E-state index is -1.03. The van der Waals surface area contributed by atoms with Crippen LogP contribution in [-0.2, 0) is 14.3 Å². The Kier molecular flexibility index (Phi) is 5.32. The van der Waals surface area contributed by atoms with Crippen molar-refractivity contribution in [1.29, 1.82) is 0 Å². The molecule has 0 spiro atoms. The summed E-state index contributed by atoms with van der Waals surface area (Å²) in [4.78, 5) is 47.4. The van der Waals surface area contributed by atoms with Crippen LogP contribution in [0.4, 0.5) is 10.5 Å². The number of hydrogen-bond donors (Lipinski definition) is 0. The number of furan rings is 1. The molecule has 0 aliphatic carbocycles. The van der Waals surface area contributed by atoms with Gasteiger partial charge in [-0.3, -0.25) is 24.6 Å². The molecule has 0 saturated carbocycles. The quantitative estimate of drug-likeness (QED) is 0.323. The zero-order valence-corrected chi connectivity index (χ0v) is 15.6. The van der Waals surface area contributed by atoms with Gasteiger partial charge in [-0.2, -0.15) is 0 Å². The van der Waals surface area contributed by atoms with Crippen molar-refractivity contribution in [3.8, 4) is 11.3 Å². The van der Waals surface area contributed by atoms with Crippen LogP contribution in [0.2, 0.25) is 0 Å². The molecule has 10 heteroatoms. The van der Waals surface area contributed by atoms with Gasteiger partial charge < -0.3 is 9.15 Å².